The summed E-state index contributed by atoms with van der Waals surface area (Å²) >= 11 is 0. The van der Waals surface area contributed by atoms with Crippen molar-refractivity contribution in [3.8, 4) is 0 Å². The smallest absolute Gasteiger partial charge is 0.276 e. The van der Waals surface area contributed by atoms with Crippen molar-refractivity contribution in [2.45, 2.75) is 18.7 Å². The largest absolute Gasteiger partial charge is 0.447 e. The molecule has 30 heavy (non-hydrogen) atoms. The Hall–Kier alpha value is -1.75. The molecule has 0 aliphatic carbocycles. The van der Waals surface area contributed by atoms with Gasteiger partial charge in [0.15, 0.2) is 5.69 Å². The Bertz CT molecular complexity index is 788. The molecule has 0 saturated carbocycles. The molecule has 0 spiro atoms. The van der Waals surface area contributed by atoms with Crippen LogP contribution in [0.1, 0.15) is 28.0 Å². The van der Waals surface area contributed by atoms with E-state index >= 15 is 0 Å². The molecule has 2 fully saturated rings. The first kappa shape index (κ1) is 24.5. The molecule has 2 aliphatic rings. The van der Waals surface area contributed by atoms with Gasteiger partial charge >= 0.3 is 0 Å². The van der Waals surface area contributed by atoms with Crippen LogP contribution in [0, 0.1) is 0 Å². The van der Waals surface area contributed by atoms with Gasteiger partial charge in [-0.25, -0.2) is 4.98 Å². The van der Waals surface area contributed by atoms with Crippen molar-refractivity contribution in [1.29, 1.82) is 0 Å². The second kappa shape index (κ2) is 11.6. The normalized spacial score (nSPS) is 22.1. The van der Waals surface area contributed by atoms with Gasteiger partial charge in [-0.1, -0.05) is 6.07 Å². The lowest BCUT2D eigenvalue weighted by Crippen LogP contribution is -2.53. The first-order chi connectivity index (χ1) is 13.8. The van der Waals surface area contributed by atoms with Crippen molar-refractivity contribution < 1.29 is 18.7 Å². The van der Waals surface area contributed by atoms with E-state index in [1.807, 2.05) is 17.0 Å². The highest BCUT2D eigenvalue weighted by Gasteiger charge is 2.38. The van der Waals surface area contributed by atoms with Crippen molar-refractivity contribution in [1.82, 2.24) is 19.8 Å². The van der Waals surface area contributed by atoms with Crippen LogP contribution in [0.15, 0.2) is 35.2 Å². The Kier molecular flexibility index (Phi) is 9.47. The standard InChI is InChI=1S/C19H25N5O4.2ClH/c20-10-17-22-15(13-28-17)19(25)24-6-9-27-16(12-23-4-7-26-8-5-23)18(24)14-2-1-3-21-11-14;;/h1-3,11,13,16,18H,4-10,12,20H2;2*1H/t16-,18-;;/m0../s1. The number of hydrogen-bond donors (Lipinski definition) is 1. The van der Waals surface area contributed by atoms with Crippen molar-refractivity contribution in [2.24, 2.45) is 5.73 Å². The van der Waals surface area contributed by atoms with E-state index in [9.17, 15) is 4.79 Å². The highest BCUT2D eigenvalue weighted by Crippen LogP contribution is 2.31. The zero-order chi connectivity index (χ0) is 19.3. The van der Waals surface area contributed by atoms with Crippen LogP contribution in [0.3, 0.4) is 0 Å². The maximum Gasteiger partial charge on any atom is 0.276 e. The molecule has 9 nitrogen and oxygen atoms in total. The van der Waals surface area contributed by atoms with Gasteiger partial charge in [-0.05, 0) is 11.6 Å². The summed E-state index contributed by atoms with van der Waals surface area (Å²) in [5.74, 6) is 0.159. The third-order valence-electron chi connectivity index (χ3n) is 5.13. The molecule has 166 valence electrons. The molecule has 2 aromatic rings. The maximum absolute atomic E-state index is 13.2. The van der Waals surface area contributed by atoms with Gasteiger partial charge in [0.1, 0.15) is 6.26 Å². The number of aromatic nitrogens is 2. The van der Waals surface area contributed by atoms with Crippen molar-refractivity contribution in [2.75, 3.05) is 46.0 Å². The van der Waals surface area contributed by atoms with Crippen LogP contribution < -0.4 is 5.73 Å². The first-order valence-electron chi connectivity index (χ1n) is 9.53. The summed E-state index contributed by atoms with van der Waals surface area (Å²) in [7, 11) is 0. The fourth-order valence-corrected chi connectivity index (χ4v) is 3.75. The van der Waals surface area contributed by atoms with Gasteiger partial charge in [0.25, 0.3) is 5.91 Å². The van der Waals surface area contributed by atoms with Gasteiger partial charge in [-0.15, -0.1) is 24.8 Å². The van der Waals surface area contributed by atoms with E-state index in [-0.39, 0.29) is 55.1 Å². The molecule has 2 aromatic heterocycles. The van der Waals surface area contributed by atoms with E-state index in [4.69, 9.17) is 19.6 Å². The highest BCUT2D eigenvalue weighted by molar-refractivity contribution is 5.92. The molecule has 11 heteroatoms. The number of pyridine rings is 1. The lowest BCUT2D eigenvalue weighted by Gasteiger charge is -2.43. The summed E-state index contributed by atoms with van der Waals surface area (Å²) in [6, 6.07) is 3.60. The second-order valence-corrected chi connectivity index (χ2v) is 6.88. The van der Waals surface area contributed by atoms with Crippen LogP contribution >= 0.6 is 24.8 Å². The molecule has 0 unspecified atom stereocenters. The molecule has 2 atom stereocenters. The first-order valence-corrected chi connectivity index (χ1v) is 9.53. The molecule has 4 heterocycles. The third-order valence-corrected chi connectivity index (χ3v) is 5.13. The quantitative estimate of drug-likeness (QED) is 0.712. The molecule has 2 aliphatic heterocycles. The number of carbonyl (C=O) groups excluding carboxylic acids is 1. The van der Waals surface area contributed by atoms with Crippen LogP contribution in [-0.2, 0) is 16.0 Å². The van der Waals surface area contributed by atoms with E-state index in [1.54, 1.807) is 12.4 Å². The van der Waals surface area contributed by atoms with E-state index in [1.165, 1.54) is 6.26 Å². The average Bonchev–Trinajstić information content (AvgIpc) is 3.24. The SMILES string of the molecule is Cl.Cl.NCc1nc(C(=O)N2CCO[C@@H](CN3CCOCC3)[C@@H]2c2cccnc2)co1. The number of rotatable bonds is 5. The molecule has 0 radical (unpaired) electrons. The van der Waals surface area contributed by atoms with E-state index in [2.05, 4.69) is 14.9 Å². The number of morpholine rings is 2. The zero-order valence-corrected chi connectivity index (χ0v) is 18.1. The number of nitrogens with zero attached hydrogens (tertiary/aromatic N) is 4. The molecule has 2 saturated heterocycles. The predicted octanol–water partition coefficient (Wildman–Crippen LogP) is 1.29. The fourth-order valence-electron chi connectivity index (χ4n) is 3.75. The minimum absolute atomic E-state index is 0. The number of nitrogens with two attached hydrogens (primary N) is 1. The Morgan fingerprint density at radius 1 is 1.20 bits per heavy atom. The topological polar surface area (TPSA) is 107 Å². The lowest BCUT2D eigenvalue weighted by molar-refractivity contribution is -0.0820. The van der Waals surface area contributed by atoms with Crippen LogP contribution in [-0.4, -0.2) is 77.8 Å². The third kappa shape index (κ3) is 5.48. The number of carbonyl (C=O) groups is 1. The van der Waals surface area contributed by atoms with E-state index in [0.29, 0.717) is 32.3 Å². The minimum atomic E-state index is -0.254. The molecule has 2 N–H and O–H groups in total. The Morgan fingerprint density at radius 3 is 2.67 bits per heavy atom. The van der Waals surface area contributed by atoms with E-state index in [0.717, 1.165) is 25.2 Å². The molecule has 4 rings (SSSR count). The maximum atomic E-state index is 13.2. The summed E-state index contributed by atoms with van der Waals surface area (Å²) in [4.78, 5) is 25.8. The molecular weight excluding hydrogens is 433 g/mol. The number of amides is 1. The monoisotopic (exact) mass is 459 g/mol. The summed E-state index contributed by atoms with van der Waals surface area (Å²) in [6.07, 6.45) is 4.72. The number of oxazole rings is 1. The van der Waals surface area contributed by atoms with Crippen molar-refractivity contribution in [3.05, 3.63) is 47.9 Å². The van der Waals surface area contributed by atoms with E-state index < -0.39 is 0 Å². The van der Waals surface area contributed by atoms with Gasteiger partial charge in [0.05, 0.1) is 38.5 Å². The number of halogens is 2. The lowest BCUT2D eigenvalue weighted by atomic mass is 9.98. The van der Waals surface area contributed by atoms with Gasteiger partial charge < -0.3 is 24.5 Å². The number of ether oxygens (including phenoxy) is 2. The average molecular weight is 460 g/mol. The Labute approximate surface area is 187 Å². The minimum Gasteiger partial charge on any atom is -0.447 e. The van der Waals surface area contributed by atoms with Crippen LogP contribution in [0.4, 0.5) is 0 Å². The Morgan fingerprint density at radius 2 is 2.00 bits per heavy atom. The fraction of sp³-hybridized carbons (Fsp3) is 0.526. The van der Waals surface area contributed by atoms with Crippen molar-refractivity contribution >= 4 is 30.7 Å². The highest BCUT2D eigenvalue weighted by atomic mass is 35.5. The van der Waals surface area contributed by atoms with Gasteiger partial charge in [-0.3, -0.25) is 14.7 Å². The van der Waals surface area contributed by atoms with Crippen LogP contribution in [0.2, 0.25) is 0 Å². The Balaban J connectivity index is 0.00000160. The summed E-state index contributed by atoms with van der Waals surface area (Å²) in [6.45, 7) is 4.97. The summed E-state index contributed by atoms with van der Waals surface area (Å²) < 4.78 is 16.8. The summed E-state index contributed by atoms with van der Waals surface area (Å²) in [5.41, 5.74) is 6.77. The zero-order valence-electron chi connectivity index (χ0n) is 16.5. The van der Waals surface area contributed by atoms with Gasteiger partial charge in [0.2, 0.25) is 5.89 Å². The van der Waals surface area contributed by atoms with Crippen molar-refractivity contribution in [3.63, 3.8) is 0 Å². The van der Waals surface area contributed by atoms with Gasteiger partial charge in [0, 0.05) is 38.6 Å². The second-order valence-electron chi connectivity index (χ2n) is 6.88. The number of hydrogen-bond acceptors (Lipinski definition) is 8. The van der Waals surface area contributed by atoms with Crippen LogP contribution in [0.5, 0.6) is 0 Å². The van der Waals surface area contributed by atoms with Crippen LogP contribution in [0.25, 0.3) is 0 Å². The molecule has 0 aromatic carbocycles. The molecule has 1 amide bonds. The predicted molar refractivity (Wildman–Crippen MR) is 114 cm³/mol. The van der Waals surface area contributed by atoms with Gasteiger partial charge in [-0.2, -0.15) is 0 Å². The molecular formula is C19H27Cl2N5O4. The molecule has 0 bridgehead atoms. The summed E-state index contributed by atoms with van der Waals surface area (Å²) in [5, 5.41) is 0.